The van der Waals surface area contributed by atoms with Crippen LogP contribution < -0.4 is 5.32 Å². The summed E-state index contributed by atoms with van der Waals surface area (Å²) in [5.41, 5.74) is 0. The maximum Gasteiger partial charge on any atom is 0.219 e. The number of hydrogen-bond donors (Lipinski definition) is 1. The third-order valence-corrected chi connectivity index (χ3v) is 5.95. The predicted molar refractivity (Wildman–Crippen MR) is 145 cm³/mol. The number of carbonyl (C=O) groups is 1. The average molecular weight is 459 g/mol. The Balaban J connectivity index is 3.31. The first-order valence-electron chi connectivity index (χ1n) is 14.0. The highest BCUT2D eigenvalue weighted by molar-refractivity contribution is 5.75. The van der Waals surface area contributed by atoms with Gasteiger partial charge in [-0.05, 0) is 58.2 Å². The van der Waals surface area contributed by atoms with Gasteiger partial charge >= 0.3 is 0 Å². The zero-order valence-electron chi connectivity index (χ0n) is 22.4. The fourth-order valence-corrected chi connectivity index (χ4v) is 3.83. The predicted octanol–water partition coefficient (Wildman–Crippen LogP) is 7.49. The van der Waals surface area contributed by atoms with E-state index in [1.807, 2.05) is 0 Å². The van der Waals surface area contributed by atoms with Gasteiger partial charge in [0, 0.05) is 25.8 Å². The lowest BCUT2D eigenvalue weighted by Crippen LogP contribution is -2.26. The third kappa shape index (κ3) is 28.5. The average Bonchev–Trinajstić information content (AvgIpc) is 2.80. The van der Waals surface area contributed by atoms with Crippen LogP contribution in [0.4, 0.5) is 0 Å². The standard InChI is InChI=1S/C30H54N2O/c1-4-5-6-7-8-9-10-11-12-13-14-15-16-17-18-19-20-21-22-23-24-25-27-30(33)31-28-26-29-32(2)3/h4-14,19-29H2,1-3H3,(H,31,33). The van der Waals surface area contributed by atoms with Crippen LogP contribution in [0.15, 0.2) is 0 Å². The van der Waals surface area contributed by atoms with Gasteiger partial charge in [-0.15, -0.1) is 0 Å². The Labute approximate surface area is 207 Å². The molecule has 190 valence electrons. The highest BCUT2D eigenvalue weighted by Crippen LogP contribution is 2.11. The molecule has 0 unspecified atom stereocenters. The number of nitrogens with one attached hydrogen (secondary N) is 1. The first-order valence-corrected chi connectivity index (χ1v) is 14.0. The highest BCUT2D eigenvalue weighted by atomic mass is 16.1. The first-order chi connectivity index (χ1) is 16.2. The molecule has 0 aliphatic carbocycles. The van der Waals surface area contributed by atoms with E-state index in [0.29, 0.717) is 6.42 Å². The van der Waals surface area contributed by atoms with Crippen molar-refractivity contribution in [1.82, 2.24) is 10.2 Å². The molecule has 33 heavy (non-hydrogen) atoms. The van der Waals surface area contributed by atoms with Crippen LogP contribution in [0.25, 0.3) is 0 Å². The van der Waals surface area contributed by atoms with Crippen molar-refractivity contribution in [2.75, 3.05) is 27.2 Å². The first kappa shape index (κ1) is 31.6. The van der Waals surface area contributed by atoms with Gasteiger partial charge in [-0.2, -0.15) is 0 Å². The van der Waals surface area contributed by atoms with E-state index in [0.717, 1.165) is 45.2 Å². The Kier molecular flexibility index (Phi) is 25.6. The SMILES string of the molecule is CCCCCCCCCCCCC#CC#CCCCCCCCCC(=O)NCCCN(C)C. The van der Waals surface area contributed by atoms with Crippen molar-refractivity contribution >= 4 is 5.91 Å². The molecular formula is C30H54N2O. The number of unbranched alkanes of at least 4 members (excludes halogenated alkanes) is 16. The smallest absolute Gasteiger partial charge is 0.219 e. The van der Waals surface area contributed by atoms with Gasteiger partial charge in [0.25, 0.3) is 0 Å². The monoisotopic (exact) mass is 458 g/mol. The molecule has 1 amide bonds. The van der Waals surface area contributed by atoms with Gasteiger partial charge in [0.15, 0.2) is 0 Å². The molecule has 0 fully saturated rings. The molecule has 3 nitrogen and oxygen atoms in total. The van der Waals surface area contributed by atoms with Crippen LogP contribution in [-0.4, -0.2) is 38.0 Å². The molecule has 0 radical (unpaired) electrons. The van der Waals surface area contributed by atoms with E-state index in [9.17, 15) is 4.79 Å². The van der Waals surface area contributed by atoms with E-state index >= 15 is 0 Å². The summed E-state index contributed by atoms with van der Waals surface area (Å²) in [6.45, 7) is 4.09. The third-order valence-electron chi connectivity index (χ3n) is 5.95. The van der Waals surface area contributed by atoms with E-state index in [4.69, 9.17) is 0 Å². The summed E-state index contributed by atoms with van der Waals surface area (Å²) in [7, 11) is 4.12. The molecule has 0 aliphatic heterocycles. The van der Waals surface area contributed by atoms with Crippen molar-refractivity contribution in [3.63, 3.8) is 0 Å². The molecule has 3 heteroatoms. The minimum atomic E-state index is 0.207. The molecule has 0 spiro atoms. The fraction of sp³-hybridized carbons (Fsp3) is 0.833. The lowest BCUT2D eigenvalue weighted by Gasteiger charge is -2.09. The Morgan fingerprint density at radius 1 is 0.636 bits per heavy atom. The highest BCUT2D eigenvalue weighted by Gasteiger charge is 2.00. The zero-order chi connectivity index (χ0) is 24.2. The van der Waals surface area contributed by atoms with E-state index in [2.05, 4.69) is 54.9 Å². The Morgan fingerprint density at radius 3 is 1.58 bits per heavy atom. The van der Waals surface area contributed by atoms with Crippen LogP contribution in [-0.2, 0) is 4.79 Å². The molecule has 0 saturated heterocycles. The molecule has 0 bridgehead atoms. The van der Waals surface area contributed by atoms with Gasteiger partial charge < -0.3 is 10.2 Å². The molecular weight excluding hydrogens is 404 g/mol. The lowest BCUT2D eigenvalue weighted by molar-refractivity contribution is -0.121. The van der Waals surface area contributed by atoms with Crippen molar-refractivity contribution in [3.8, 4) is 23.7 Å². The quantitative estimate of drug-likeness (QED) is 0.135. The van der Waals surface area contributed by atoms with Crippen LogP contribution in [0, 0.1) is 23.7 Å². The Bertz CT molecular complexity index is 547. The summed E-state index contributed by atoms with van der Waals surface area (Å²) in [5, 5.41) is 3.01. The molecule has 0 rings (SSSR count). The normalized spacial score (nSPS) is 10.4. The summed E-state index contributed by atoms with van der Waals surface area (Å²) >= 11 is 0. The fourth-order valence-electron chi connectivity index (χ4n) is 3.83. The van der Waals surface area contributed by atoms with E-state index in [1.165, 1.54) is 89.9 Å². The topological polar surface area (TPSA) is 32.3 Å². The van der Waals surface area contributed by atoms with Crippen molar-refractivity contribution < 1.29 is 4.79 Å². The second-order valence-corrected chi connectivity index (χ2v) is 9.66. The van der Waals surface area contributed by atoms with E-state index < -0.39 is 0 Å². The van der Waals surface area contributed by atoms with Crippen molar-refractivity contribution in [1.29, 1.82) is 0 Å². The van der Waals surface area contributed by atoms with E-state index in [1.54, 1.807) is 0 Å². The van der Waals surface area contributed by atoms with Crippen LogP contribution in [0.3, 0.4) is 0 Å². The second kappa shape index (κ2) is 26.8. The maximum atomic E-state index is 11.7. The molecule has 0 aromatic carbocycles. The van der Waals surface area contributed by atoms with Gasteiger partial charge in [0.05, 0.1) is 0 Å². The molecule has 0 saturated carbocycles. The van der Waals surface area contributed by atoms with Gasteiger partial charge in [-0.1, -0.05) is 102 Å². The summed E-state index contributed by atoms with van der Waals surface area (Å²) in [5.74, 6) is 12.6. The minimum absolute atomic E-state index is 0.207. The van der Waals surface area contributed by atoms with Crippen LogP contribution in [0.5, 0.6) is 0 Å². The summed E-state index contributed by atoms with van der Waals surface area (Å²) in [6.07, 6.45) is 24.4. The Hall–Kier alpha value is -1.45. The molecule has 0 aromatic rings. The number of hydrogen-bond acceptors (Lipinski definition) is 2. The maximum absolute atomic E-state index is 11.7. The Morgan fingerprint density at radius 2 is 1.09 bits per heavy atom. The number of rotatable bonds is 22. The van der Waals surface area contributed by atoms with Crippen LogP contribution in [0.1, 0.15) is 135 Å². The number of carbonyl (C=O) groups excluding carboxylic acids is 1. The summed E-state index contributed by atoms with van der Waals surface area (Å²) in [6, 6.07) is 0. The molecule has 0 heterocycles. The number of nitrogens with zero attached hydrogens (tertiary/aromatic N) is 1. The van der Waals surface area contributed by atoms with Crippen LogP contribution >= 0.6 is 0 Å². The van der Waals surface area contributed by atoms with Crippen molar-refractivity contribution in [2.45, 2.75) is 135 Å². The lowest BCUT2D eigenvalue weighted by atomic mass is 10.1. The minimum Gasteiger partial charge on any atom is -0.356 e. The summed E-state index contributed by atoms with van der Waals surface area (Å²) < 4.78 is 0. The van der Waals surface area contributed by atoms with Gasteiger partial charge in [-0.25, -0.2) is 0 Å². The molecule has 0 aliphatic rings. The van der Waals surface area contributed by atoms with Crippen molar-refractivity contribution in [3.05, 3.63) is 0 Å². The molecule has 0 atom stereocenters. The summed E-state index contributed by atoms with van der Waals surface area (Å²) in [4.78, 5) is 13.9. The van der Waals surface area contributed by atoms with E-state index in [-0.39, 0.29) is 5.91 Å². The molecule has 0 aromatic heterocycles. The number of amides is 1. The van der Waals surface area contributed by atoms with Gasteiger partial charge in [0.2, 0.25) is 5.91 Å². The second-order valence-electron chi connectivity index (χ2n) is 9.66. The van der Waals surface area contributed by atoms with Gasteiger partial charge in [0.1, 0.15) is 0 Å². The molecule has 1 N–H and O–H groups in total. The largest absolute Gasteiger partial charge is 0.356 e. The van der Waals surface area contributed by atoms with Crippen LogP contribution in [0.2, 0.25) is 0 Å². The zero-order valence-corrected chi connectivity index (χ0v) is 22.4. The van der Waals surface area contributed by atoms with Crippen molar-refractivity contribution in [2.24, 2.45) is 0 Å². The van der Waals surface area contributed by atoms with Gasteiger partial charge in [-0.3, -0.25) is 4.79 Å².